The summed E-state index contributed by atoms with van der Waals surface area (Å²) in [4.78, 5) is 35.0. The molecule has 1 aliphatic carbocycles. The lowest BCUT2D eigenvalue weighted by Gasteiger charge is -2.07. The van der Waals surface area contributed by atoms with Gasteiger partial charge >= 0.3 is 5.97 Å². The molecule has 0 saturated carbocycles. The van der Waals surface area contributed by atoms with Gasteiger partial charge in [-0.3, -0.25) is 14.4 Å². The summed E-state index contributed by atoms with van der Waals surface area (Å²) in [5.74, 6) is -1.10. The Labute approximate surface area is 139 Å². The minimum Gasteiger partial charge on any atom is -0.455 e. The highest BCUT2D eigenvalue weighted by molar-refractivity contribution is 8.00. The van der Waals surface area contributed by atoms with Crippen LogP contribution in [0.1, 0.15) is 17.5 Å². The van der Waals surface area contributed by atoms with Gasteiger partial charge in [0.15, 0.2) is 6.61 Å². The lowest BCUT2D eigenvalue weighted by atomic mass is 10.1. The molecule has 1 aromatic rings. The molecule has 2 rings (SSSR count). The number of nitrogens with one attached hydrogen (secondary N) is 2. The number of ether oxygens (including phenoxy) is 1. The van der Waals surface area contributed by atoms with E-state index in [1.165, 1.54) is 36.4 Å². The van der Waals surface area contributed by atoms with E-state index in [0.717, 1.165) is 17.7 Å². The number of aryl methyl sites for hydroxylation is 2. The largest absolute Gasteiger partial charge is 0.455 e. The van der Waals surface area contributed by atoms with Gasteiger partial charge in [0.05, 0.1) is 12.3 Å². The minimum atomic E-state index is -0.496. The molecule has 1 aromatic carbocycles. The third-order valence-electron chi connectivity index (χ3n) is 3.52. The molecule has 0 aromatic heterocycles. The van der Waals surface area contributed by atoms with Crippen LogP contribution < -0.4 is 10.6 Å². The minimum absolute atomic E-state index is 0.128. The third-order valence-corrected chi connectivity index (χ3v) is 4.48. The van der Waals surface area contributed by atoms with E-state index in [1.807, 2.05) is 6.07 Å². The molecule has 2 N–H and O–H groups in total. The lowest BCUT2D eigenvalue weighted by Crippen LogP contribution is -2.37. The molecule has 0 fully saturated rings. The quantitative estimate of drug-likeness (QED) is 0.565. The predicted octanol–water partition coefficient (Wildman–Crippen LogP) is 0.673. The van der Waals surface area contributed by atoms with Gasteiger partial charge in [-0.25, -0.2) is 0 Å². The average Bonchev–Trinajstić information content (AvgIpc) is 3.03. The molecule has 7 heteroatoms. The van der Waals surface area contributed by atoms with Crippen molar-refractivity contribution in [3.05, 3.63) is 29.3 Å². The summed E-state index contributed by atoms with van der Waals surface area (Å²) < 4.78 is 4.88. The second-order valence-corrected chi connectivity index (χ2v) is 6.23. The highest BCUT2D eigenvalue weighted by Crippen LogP contribution is 2.27. The Hall–Kier alpha value is -2.02. The summed E-state index contributed by atoms with van der Waals surface area (Å²) in [5, 5.41) is 4.73. The van der Waals surface area contributed by atoms with Crippen LogP contribution in [0.25, 0.3) is 0 Å². The van der Waals surface area contributed by atoms with Gasteiger partial charge in [0.25, 0.3) is 5.91 Å². The van der Waals surface area contributed by atoms with E-state index < -0.39 is 11.9 Å². The first-order valence-electron chi connectivity index (χ1n) is 7.46. The summed E-state index contributed by atoms with van der Waals surface area (Å²) >= 11 is 1.40. The number of thioether (sulfide) groups is 1. The molecular weight excluding hydrogens is 316 g/mol. The first-order chi connectivity index (χ1) is 11.1. The number of benzene rings is 1. The Morgan fingerprint density at radius 2 is 1.96 bits per heavy atom. The Bertz CT molecular complexity index is 604. The molecule has 0 spiro atoms. The maximum atomic E-state index is 11.6. The number of likely N-dealkylation sites (N-methyl/N-ethyl adjacent to an activating group) is 1. The molecule has 0 radical (unpaired) electrons. The molecule has 0 atom stereocenters. The molecule has 2 amide bonds. The Morgan fingerprint density at radius 1 is 1.17 bits per heavy atom. The number of carbonyl (C=O) groups is 3. The van der Waals surface area contributed by atoms with Crippen molar-refractivity contribution in [1.82, 2.24) is 10.6 Å². The molecule has 0 aliphatic heterocycles. The molecular formula is C16H20N2O4S. The van der Waals surface area contributed by atoms with E-state index in [4.69, 9.17) is 4.74 Å². The van der Waals surface area contributed by atoms with Crippen molar-refractivity contribution in [1.29, 1.82) is 0 Å². The van der Waals surface area contributed by atoms with Crippen LogP contribution in [0.5, 0.6) is 0 Å². The maximum Gasteiger partial charge on any atom is 0.316 e. The van der Waals surface area contributed by atoms with Gasteiger partial charge in [-0.15, -0.1) is 11.8 Å². The first kappa shape index (κ1) is 17.3. The van der Waals surface area contributed by atoms with Crippen LogP contribution in [-0.4, -0.2) is 43.7 Å². The molecule has 0 saturated heterocycles. The van der Waals surface area contributed by atoms with Crippen molar-refractivity contribution in [2.75, 3.05) is 26.0 Å². The molecule has 0 unspecified atom stereocenters. The number of esters is 1. The zero-order valence-corrected chi connectivity index (χ0v) is 13.8. The van der Waals surface area contributed by atoms with Crippen molar-refractivity contribution in [2.45, 2.75) is 24.2 Å². The van der Waals surface area contributed by atoms with Crippen molar-refractivity contribution in [3.8, 4) is 0 Å². The topological polar surface area (TPSA) is 84.5 Å². The van der Waals surface area contributed by atoms with Gasteiger partial charge in [-0.1, -0.05) is 6.07 Å². The van der Waals surface area contributed by atoms with Crippen LogP contribution in [0, 0.1) is 0 Å². The smallest absolute Gasteiger partial charge is 0.316 e. The SMILES string of the molecule is CNC(=O)CNC(=O)COC(=O)CSc1ccc2c(c1)CCC2. The number of fused-ring (bicyclic) bond motifs is 1. The number of carbonyl (C=O) groups excluding carboxylic acids is 3. The molecule has 124 valence electrons. The highest BCUT2D eigenvalue weighted by Gasteiger charge is 2.13. The predicted molar refractivity (Wildman–Crippen MR) is 87.2 cm³/mol. The van der Waals surface area contributed by atoms with Crippen molar-refractivity contribution >= 4 is 29.5 Å². The second-order valence-electron chi connectivity index (χ2n) is 5.18. The third kappa shape index (κ3) is 5.59. The normalized spacial score (nSPS) is 12.4. The van der Waals surface area contributed by atoms with Crippen molar-refractivity contribution < 1.29 is 19.1 Å². The van der Waals surface area contributed by atoms with E-state index in [9.17, 15) is 14.4 Å². The van der Waals surface area contributed by atoms with Crippen LogP contribution in [0.3, 0.4) is 0 Å². The molecule has 0 heterocycles. The van der Waals surface area contributed by atoms with E-state index >= 15 is 0 Å². The van der Waals surface area contributed by atoms with E-state index in [0.29, 0.717) is 0 Å². The molecule has 0 bridgehead atoms. The van der Waals surface area contributed by atoms with Crippen LogP contribution >= 0.6 is 11.8 Å². The Kier molecular flexibility index (Phi) is 6.46. The van der Waals surface area contributed by atoms with Crippen LogP contribution in [-0.2, 0) is 32.0 Å². The van der Waals surface area contributed by atoms with Gasteiger partial charge in [-0.05, 0) is 42.5 Å². The van der Waals surface area contributed by atoms with Crippen molar-refractivity contribution in [3.63, 3.8) is 0 Å². The van der Waals surface area contributed by atoms with Gasteiger partial charge in [-0.2, -0.15) is 0 Å². The molecule has 23 heavy (non-hydrogen) atoms. The number of rotatable bonds is 7. The molecule has 6 nitrogen and oxygen atoms in total. The zero-order valence-electron chi connectivity index (χ0n) is 13.0. The summed E-state index contributed by atoms with van der Waals surface area (Å²) in [6, 6.07) is 6.25. The highest BCUT2D eigenvalue weighted by atomic mass is 32.2. The van der Waals surface area contributed by atoms with Crippen molar-refractivity contribution in [2.24, 2.45) is 0 Å². The Morgan fingerprint density at radius 3 is 2.74 bits per heavy atom. The van der Waals surface area contributed by atoms with E-state index in [-0.39, 0.29) is 24.8 Å². The summed E-state index contributed by atoms with van der Waals surface area (Å²) in [6.07, 6.45) is 3.42. The second kappa shape index (κ2) is 8.57. The Balaban J connectivity index is 1.67. The van der Waals surface area contributed by atoms with Crippen LogP contribution in [0.4, 0.5) is 0 Å². The zero-order chi connectivity index (χ0) is 16.7. The van der Waals surface area contributed by atoms with Crippen LogP contribution in [0.2, 0.25) is 0 Å². The first-order valence-corrected chi connectivity index (χ1v) is 8.44. The number of hydrogen-bond donors (Lipinski definition) is 2. The average molecular weight is 336 g/mol. The fourth-order valence-corrected chi connectivity index (χ4v) is 3.04. The van der Waals surface area contributed by atoms with Gasteiger partial charge in [0, 0.05) is 11.9 Å². The fourth-order valence-electron chi connectivity index (χ4n) is 2.29. The van der Waals surface area contributed by atoms with E-state index in [2.05, 4.69) is 22.8 Å². The number of hydrogen-bond acceptors (Lipinski definition) is 5. The monoisotopic (exact) mass is 336 g/mol. The maximum absolute atomic E-state index is 11.6. The van der Waals surface area contributed by atoms with Gasteiger partial charge in [0.2, 0.25) is 5.91 Å². The summed E-state index contributed by atoms with van der Waals surface area (Å²) in [5.41, 5.74) is 2.75. The van der Waals surface area contributed by atoms with Crippen LogP contribution in [0.15, 0.2) is 23.1 Å². The molecule has 1 aliphatic rings. The summed E-state index contributed by atoms with van der Waals surface area (Å²) in [6.45, 7) is -0.503. The van der Waals surface area contributed by atoms with Gasteiger partial charge < -0.3 is 15.4 Å². The van der Waals surface area contributed by atoms with E-state index in [1.54, 1.807) is 0 Å². The lowest BCUT2D eigenvalue weighted by molar-refractivity contribution is -0.146. The summed E-state index contributed by atoms with van der Waals surface area (Å²) in [7, 11) is 1.48. The standard InChI is InChI=1S/C16H20N2O4S/c1-17-14(19)8-18-15(20)9-22-16(21)10-23-13-6-5-11-3-2-4-12(11)7-13/h5-7H,2-4,8-10H2,1H3,(H,17,19)(H,18,20). The van der Waals surface area contributed by atoms with Gasteiger partial charge in [0.1, 0.15) is 0 Å². The fraction of sp³-hybridized carbons (Fsp3) is 0.438. The number of amides is 2.